The summed E-state index contributed by atoms with van der Waals surface area (Å²) in [6.07, 6.45) is 7.28. The normalized spacial score (nSPS) is 19.2. The van der Waals surface area contributed by atoms with Gasteiger partial charge in [-0.3, -0.25) is 4.79 Å². The summed E-state index contributed by atoms with van der Waals surface area (Å²) in [6, 6.07) is 0. The van der Waals surface area contributed by atoms with Crippen molar-refractivity contribution in [1.29, 1.82) is 0 Å². The van der Waals surface area contributed by atoms with E-state index in [1.807, 2.05) is 12.2 Å². The third kappa shape index (κ3) is 2.68. The molecule has 0 heterocycles. The number of nitrogens with zero attached hydrogens (tertiary/aromatic N) is 2. The number of esters is 1. The Labute approximate surface area is 82.5 Å². The van der Waals surface area contributed by atoms with Gasteiger partial charge in [0.05, 0.1) is 18.9 Å². The van der Waals surface area contributed by atoms with Crippen LogP contribution in [0.2, 0.25) is 0 Å². The molecule has 1 unspecified atom stereocenters. The number of carbonyl (C=O) groups excluding carboxylic acids is 1. The third-order valence-corrected chi connectivity index (χ3v) is 1.91. The second kappa shape index (κ2) is 5.14. The molecule has 4 heteroatoms. The van der Waals surface area contributed by atoms with Crippen molar-refractivity contribution in [3.63, 3.8) is 0 Å². The van der Waals surface area contributed by atoms with Gasteiger partial charge in [0.2, 0.25) is 0 Å². The first-order valence-corrected chi connectivity index (χ1v) is 4.50. The first-order valence-electron chi connectivity index (χ1n) is 4.50. The Kier molecular flexibility index (Phi) is 3.83. The quantitative estimate of drug-likeness (QED) is 0.385. The van der Waals surface area contributed by atoms with Crippen LogP contribution in [0.4, 0.5) is 0 Å². The Balaban J connectivity index is 2.60. The van der Waals surface area contributed by atoms with E-state index in [0.717, 1.165) is 0 Å². The molecule has 0 radical (unpaired) electrons. The molecule has 0 fully saturated rings. The van der Waals surface area contributed by atoms with Gasteiger partial charge in [-0.25, -0.2) is 0 Å². The van der Waals surface area contributed by atoms with Crippen molar-refractivity contribution in [3.05, 3.63) is 29.8 Å². The summed E-state index contributed by atoms with van der Waals surface area (Å²) in [5, 5.41) is 0. The molecule has 0 saturated carbocycles. The zero-order valence-corrected chi connectivity index (χ0v) is 8.01. The highest BCUT2D eigenvalue weighted by atomic mass is 16.5. The average Bonchev–Trinajstić information content (AvgIpc) is 2.19. The molecule has 0 N–H and O–H groups in total. The van der Waals surface area contributed by atoms with Crippen molar-refractivity contribution in [3.8, 4) is 0 Å². The molecule has 14 heavy (non-hydrogen) atoms. The molecule has 74 valence electrons. The number of allylic oxidation sites excluding steroid dienone is 4. The maximum absolute atomic E-state index is 11.2. The van der Waals surface area contributed by atoms with E-state index in [9.17, 15) is 4.79 Å². The van der Waals surface area contributed by atoms with E-state index in [1.54, 1.807) is 19.1 Å². The van der Waals surface area contributed by atoms with Crippen molar-refractivity contribution >= 4 is 11.7 Å². The maximum Gasteiger partial charge on any atom is 0.306 e. The van der Waals surface area contributed by atoms with Gasteiger partial charge in [-0.15, -0.1) is 0 Å². The lowest BCUT2D eigenvalue weighted by Crippen LogP contribution is -2.18. The summed E-state index contributed by atoms with van der Waals surface area (Å²) in [5.74, 6) is -0.456. The van der Waals surface area contributed by atoms with Crippen molar-refractivity contribution in [1.82, 2.24) is 0 Å². The largest absolute Gasteiger partial charge is 0.466 e. The van der Waals surface area contributed by atoms with E-state index >= 15 is 0 Å². The zero-order chi connectivity index (χ0) is 10.4. The lowest BCUT2D eigenvalue weighted by Gasteiger charge is -2.07. The van der Waals surface area contributed by atoms with Gasteiger partial charge in [-0.2, -0.15) is 4.79 Å². The standard InChI is InChI=1S/C10H12N2O2/c1-2-14-10(13)7-8-5-3-4-6-9(8)12-11/h3-6,8H,2,7H2,1H3. The van der Waals surface area contributed by atoms with Crippen molar-refractivity contribution in [2.24, 2.45) is 5.92 Å². The summed E-state index contributed by atoms with van der Waals surface area (Å²) in [7, 11) is 0. The van der Waals surface area contributed by atoms with Crippen molar-refractivity contribution in [2.45, 2.75) is 13.3 Å². The fourth-order valence-corrected chi connectivity index (χ4v) is 1.25. The Morgan fingerprint density at radius 1 is 1.64 bits per heavy atom. The van der Waals surface area contributed by atoms with Crippen LogP contribution in [0.3, 0.4) is 0 Å². The number of hydrogen-bond acceptors (Lipinski definition) is 2. The van der Waals surface area contributed by atoms with Gasteiger partial charge in [0.25, 0.3) is 5.71 Å². The Bertz CT molecular complexity index is 325. The van der Waals surface area contributed by atoms with Gasteiger partial charge in [0.1, 0.15) is 0 Å². The van der Waals surface area contributed by atoms with E-state index in [2.05, 4.69) is 4.79 Å². The fourth-order valence-electron chi connectivity index (χ4n) is 1.25. The van der Waals surface area contributed by atoms with Crippen LogP contribution < -0.4 is 0 Å². The first kappa shape index (κ1) is 10.4. The molecule has 1 atom stereocenters. The molecule has 0 spiro atoms. The molecule has 4 nitrogen and oxygen atoms in total. The van der Waals surface area contributed by atoms with Crippen LogP contribution in [0.15, 0.2) is 24.3 Å². The summed E-state index contributed by atoms with van der Waals surface area (Å²) in [6.45, 7) is 2.13. The third-order valence-electron chi connectivity index (χ3n) is 1.91. The maximum atomic E-state index is 11.2. The Morgan fingerprint density at radius 3 is 3.07 bits per heavy atom. The van der Waals surface area contributed by atoms with E-state index in [4.69, 9.17) is 10.3 Å². The van der Waals surface area contributed by atoms with Gasteiger partial charge < -0.3 is 10.3 Å². The highest BCUT2D eigenvalue weighted by Gasteiger charge is 2.23. The predicted octanol–water partition coefficient (Wildman–Crippen LogP) is 1.35. The monoisotopic (exact) mass is 192 g/mol. The number of ether oxygens (including phenoxy) is 1. The lowest BCUT2D eigenvalue weighted by molar-refractivity contribution is -0.143. The van der Waals surface area contributed by atoms with Crippen LogP contribution in [0.5, 0.6) is 0 Å². The van der Waals surface area contributed by atoms with Crippen molar-refractivity contribution in [2.75, 3.05) is 6.61 Å². The Morgan fingerprint density at radius 2 is 2.43 bits per heavy atom. The van der Waals surface area contributed by atoms with Crippen LogP contribution in [0.25, 0.3) is 5.53 Å². The molecule has 0 aliphatic heterocycles. The SMILES string of the molecule is CCOC(=O)CC1C=CC=CC1=[N+]=[N-]. The second-order valence-electron chi connectivity index (χ2n) is 2.88. The predicted molar refractivity (Wildman–Crippen MR) is 51.6 cm³/mol. The fraction of sp³-hybridized carbons (Fsp3) is 0.400. The van der Waals surface area contributed by atoms with Crippen LogP contribution >= 0.6 is 0 Å². The minimum Gasteiger partial charge on any atom is -0.466 e. The summed E-state index contributed by atoms with van der Waals surface area (Å²) < 4.78 is 4.80. The molecular formula is C10H12N2O2. The molecule has 1 aliphatic carbocycles. The van der Waals surface area contributed by atoms with Gasteiger partial charge in [0, 0.05) is 6.08 Å². The van der Waals surface area contributed by atoms with E-state index in [1.165, 1.54) is 0 Å². The smallest absolute Gasteiger partial charge is 0.306 e. The number of hydrogen-bond donors (Lipinski definition) is 0. The summed E-state index contributed by atoms with van der Waals surface area (Å²) in [4.78, 5) is 14.3. The molecule has 0 aromatic rings. The van der Waals surface area contributed by atoms with Gasteiger partial charge in [-0.05, 0) is 6.92 Å². The molecule has 1 aliphatic rings. The molecular weight excluding hydrogens is 180 g/mol. The molecule has 0 bridgehead atoms. The van der Waals surface area contributed by atoms with Crippen LogP contribution in [0.1, 0.15) is 13.3 Å². The first-order chi connectivity index (χ1) is 6.77. The van der Waals surface area contributed by atoms with Crippen LogP contribution in [-0.2, 0) is 9.53 Å². The summed E-state index contributed by atoms with van der Waals surface area (Å²) >= 11 is 0. The average molecular weight is 192 g/mol. The van der Waals surface area contributed by atoms with Crippen LogP contribution in [-0.4, -0.2) is 23.1 Å². The number of rotatable bonds is 3. The molecule has 0 aromatic carbocycles. The summed E-state index contributed by atoms with van der Waals surface area (Å²) in [5.41, 5.74) is 9.14. The van der Waals surface area contributed by atoms with E-state index < -0.39 is 0 Å². The molecule has 0 saturated heterocycles. The van der Waals surface area contributed by atoms with Gasteiger partial charge >= 0.3 is 5.97 Å². The number of carbonyl (C=O) groups is 1. The molecule has 1 rings (SSSR count). The highest BCUT2D eigenvalue weighted by molar-refractivity contribution is 5.96. The van der Waals surface area contributed by atoms with Crippen LogP contribution in [0, 0.1) is 5.92 Å². The lowest BCUT2D eigenvalue weighted by atomic mass is 9.95. The topological polar surface area (TPSA) is 62.7 Å². The Hall–Kier alpha value is -1.67. The highest BCUT2D eigenvalue weighted by Crippen LogP contribution is 2.12. The van der Waals surface area contributed by atoms with Gasteiger partial charge in [-0.1, -0.05) is 18.2 Å². The second-order valence-corrected chi connectivity index (χ2v) is 2.88. The minimum absolute atomic E-state index is 0.177. The zero-order valence-electron chi connectivity index (χ0n) is 8.01. The van der Waals surface area contributed by atoms with E-state index in [0.29, 0.717) is 12.3 Å². The molecule has 0 aromatic heterocycles. The van der Waals surface area contributed by atoms with Gasteiger partial charge in [0.15, 0.2) is 0 Å². The minimum atomic E-state index is -0.279. The molecule has 0 amide bonds. The van der Waals surface area contributed by atoms with E-state index in [-0.39, 0.29) is 18.3 Å². The van der Waals surface area contributed by atoms with Crippen molar-refractivity contribution < 1.29 is 14.3 Å².